The Morgan fingerprint density at radius 3 is 2.94 bits per heavy atom. The van der Waals surface area contributed by atoms with Gasteiger partial charge in [0.1, 0.15) is 0 Å². The quantitative estimate of drug-likeness (QED) is 0.822. The van der Waals surface area contributed by atoms with Gasteiger partial charge in [0.15, 0.2) is 0 Å². The van der Waals surface area contributed by atoms with Crippen molar-refractivity contribution < 1.29 is 4.79 Å². The summed E-state index contributed by atoms with van der Waals surface area (Å²) in [5, 5.41) is 0.597. The normalized spacial score (nSPS) is 23.2. The van der Waals surface area contributed by atoms with Crippen molar-refractivity contribution in [3.8, 4) is 0 Å². The molecule has 1 amide bonds. The largest absolute Gasteiger partial charge is 0.340 e. The van der Waals surface area contributed by atoms with E-state index in [2.05, 4.69) is 13.2 Å². The first-order chi connectivity index (χ1) is 8.19. The summed E-state index contributed by atoms with van der Waals surface area (Å²) in [6.07, 6.45) is 8.71. The van der Waals surface area contributed by atoms with Crippen LogP contribution in [0.15, 0.2) is 0 Å². The van der Waals surface area contributed by atoms with E-state index in [-0.39, 0.29) is 11.9 Å². The number of amides is 1. The highest BCUT2D eigenvalue weighted by atomic mass is 32.2. The maximum absolute atomic E-state index is 12.2. The molecule has 0 unspecified atom stereocenters. The van der Waals surface area contributed by atoms with Crippen LogP contribution in [-0.4, -0.2) is 41.4 Å². The molecule has 0 aliphatic carbocycles. The molecular formula is C13H26N2OS. The number of rotatable bonds is 5. The van der Waals surface area contributed by atoms with Crippen LogP contribution in [0.4, 0.5) is 0 Å². The Kier molecular flexibility index (Phi) is 6.97. The number of thioether (sulfide) groups is 1. The standard InChI is InChI=1S/C13H26N2OS/c1-3-4-8-12(14)13(16)15-9-6-5-7-11(10-15)17-2/h11-12H,3-10,14H2,1-2H3/t11-,12-/m1/s1. The molecule has 2 N–H and O–H groups in total. The zero-order valence-electron chi connectivity index (χ0n) is 11.2. The topological polar surface area (TPSA) is 46.3 Å². The van der Waals surface area contributed by atoms with Crippen LogP contribution in [0.25, 0.3) is 0 Å². The first-order valence-electron chi connectivity index (χ1n) is 6.76. The van der Waals surface area contributed by atoms with Gasteiger partial charge >= 0.3 is 0 Å². The number of likely N-dealkylation sites (tertiary alicyclic amines) is 1. The van der Waals surface area contributed by atoms with Crippen molar-refractivity contribution in [2.45, 2.75) is 56.7 Å². The fraction of sp³-hybridized carbons (Fsp3) is 0.923. The zero-order chi connectivity index (χ0) is 12.7. The van der Waals surface area contributed by atoms with E-state index in [1.807, 2.05) is 16.7 Å². The average Bonchev–Trinajstić information content (AvgIpc) is 2.60. The molecule has 0 spiro atoms. The van der Waals surface area contributed by atoms with E-state index in [1.165, 1.54) is 12.8 Å². The van der Waals surface area contributed by atoms with E-state index < -0.39 is 0 Å². The lowest BCUT2D eigenvalue weighted by atomic mass is 10.1. The molecule has 4 heteroatoms. The van der Waals surface area contributed by atoms with Gasteiger partial charge in [0, 0.05) is 18.3 Å². The van der Waals surface area contributed by atoms with Crippen molar-refractivity contribution in [1.82, 2.24) is 4.90 Å². The molecule has 0 radical (unpaired) electrons. The molecule has 100 valence electrons. The summed E-state index contributed by atoms with van der Waals surface area (Å²) in [5.74, 6) is 0.166. The Hall–Kier alpha value is -0.220. The Labute approximate surface area is 109 Å². The summed E-state index contributed by atoms with van der Waals surface area (Å²) >= 11 is 1.88. The summed E-state index contributed by atoms with van der Waals surface area (Å²) in [6.45, 7) is 3.92. The Balaban J connectivity index is 2.48. The van der Waals surface area contributed by atoms with Gasteiger partial charge in [-0.05, 0) is 25.5 Å². The maximum atomic E-state index is 12.2. The third-order valence-electron chi connectivity index (χ3n) is 3.46. The molecule has 1 rings (SSSR count). The van der Waals surface area contributed by atoms with Crippen LogP contribution >= 0.6 is 11.8 Å². The number of carbonyl (C=O) groups is 1. The zero-order valence-corrected chi connectivity index (χ0v) is 12.0. The van der Waals surface area contributed by atoms with Crippen LogP contribution < -0.4 is 5.73 Å². The van der Waals surface area contributed by atoms with Gasteiger partial charge in [-0.25, -0.2) is 0 Å². The molecule has 1 fully saturated rings. The second-order valence-electron chi connectivity index (χ2n) is 4.89. The van der Waals surface area contributed by atoms with E-state index in [0.29, 0.717) is 5.25 Å². The lowest BCUT2D eigenvalue weighted by molar-refractivity contribution is -0.132. The van der Waals surface area contributed by atoms with Gasteiger partial charge in [-0.15, -0.1) is 0 Å². The maximum Gasteiger partial charge on any atom is 0.239 e. The summed E-state index contributed by atoms with van der Waals surface area (Å²) in [7, 11) is 0. The molecule has 0 aromatic rings. The molecule has 0 aromatic heterocycles. The second-order valence-corrected chi connectivity index (χ2v) is 6.02. The van der Waals surface area contributed by atoms with Gasteiger partial charge < -0.3 is 10.6 Å². The SMILES string of the molecule is CCCC[C@@H](N)C(=O)N1CCCC[C@@H](SC)C1. The van der Waals surface area contributed by atoms with Crippen LogP contribution in [0, 0.1) is 0 Å². The van der Waals surface area contributed by atoms with Crippen molar-refractivity contribution in [2.24, 2.45) is 5.73 Å². The molecule has 1 saturated heterocycles. The number of unbranched alkanes of at least 4 members (excludes halogenated alkanes) is 1. The van der Waals surface area contributed by atoms with Crippen LogP contribution in [-0.2, 0) is 4.79 Å². The average molecular weight is 258 g/mol. The Bertz CT molecular complexity index is 235. The molecule has 1 heterocycles. The molecular weight excluding hydrogens is 232 g/mol. The van der Waals surface area contributed by atoms with E-state index in [9.17, 15) is 4.79 Å². The predicted octanol–water partition coefficient (Wildman–Crippen LogP) is 2.25. The minimum atomic E-state index is -0.282. The number of nitrogens with zero attached hydrogens (tertiary/aromatic N) is 1. The Morgan fingerprint density at radius 1 is 1.53 bits per heavy atom. The summed E-state index contributed by atoms with van der Waals surface area (Å²) in [5.41, 5.74) is 5.97. The lowest BCUT2D eigenvalue weighted by Gasteiger charge is -2.26. The Morgan fingerprint density at radius 2 is 2.29 bits per heavy atom. The fourth-order valence-corrected chi connectivity index (χ4v) is 3.01. The lowest BCUT2D eigenvalue weighted by Crippen LogP contribution is -2.45. The van der Waals surface area contributed by atoms with E-state index in [4.69, 9.17) is 5.73 Å². The summed E-state index contributed by atoms with van der Waals surface area (Å²) < 4.78 is 0. The van der Waals surface area contributed by atoms with Gasteiger partial charge in [0.2, 0.25) is 5.91 Å². The number of nitrogens with two attached hydrogens (primary N) is 1. The minimum Gasteiger partial charge on any atom is -0.340 e. The third-order valence-corrected chi connectivity index (χ3v) is 4.51. The fourth-order valence-electron chi connectivity index (χ4n) is 2.28. The minimum absolute atomic E-state index is 0.166. The van der Waals surface area contributed by atoms with E-state index >= 15 is 0 Å². The van der Waals surface area contributed by atoms with Gasteiger partial charge in [0.25, 0.3) is 0 Å². The smallest absolute Gasteiger partial charge is 0.239 e. The van der Waals surface area contributed by atoms with Crippen molar-refractivity contribution in [1.29, 1.82) is 0 Å². The highest BCUT2D eigenvalue weighted by molar-refractivity contribution is 7.99. The predicted molar refractivity (Wildman–Crippen MR) is 75.2 cm³/mol. The first kappa shape index (κ1) is 14.8. The monoisotopic (exact) mass is 258 g/mol. The second kappa shape index (κ2) is 7.98. The van der Waals surface area contributed by atoms with E-state index in [0.717, 1.165) is 38.8 Å². The van der Waals surface area contributed by atoms with Crippen molar-refractivity contribution >= 4 is 17.7 Å². The van der Waals surface area contributed by atoms with Gasteiger partial charge in [0.05, 0.1) is 6.04 Å². The number of hydrogen-bond donors (Lipinski definition) is 1. The highest BCUT2D eigenvalue weighted by Crippen LogP contribution is 2.20. The molecule has 1 aliphatic heterocycles. The van der Waals surface area contributed by atoms with Crippen molar-refractivity contribution in [2.75, 3.05) is 19.3 Å². The molecule has 0 bridgehead atoms. The van der Waals surface area contributed by atoms with Gasteiger partial charge in [-0.3, -0.25) is 4.79 Å². The van der Waals surface area contributed by atoms with E-state index in [1.54, 1.807) is 0 Å². The number of carbonyl (C=O) groups excluding carboxylic acids is 1. The van der Waals surface area contributed by atoms with Crippen molar-refractivity contribution in [3.05, 3.63) is 0 Å². The van der Waals surface area contributed by atoms with Crippen LogP contribution in [0.3, 0.4) is 0 Å². The molecule has 2 atom stereocenters. The molecule has 0 aromatic carbocycles. The van der Waals surface area contributed by atoms with Gasteiger partial charge in [-0.1, -0.05) is 26.2 Å². The van der Waals surface area contributed by atoms with Crippen molar-refractivity contribution in [3.63, 3.8) is 0 Å². The first-order valence-corrected chi connectivity index (χ1v) is 8.05. The summed E-state index contributed by atoms with van der Waals surface area (Å²) in [4.78, 5) is 14.2. The van der Waals surface area contributed by atoms with Gasteiger partial charge in [-0.2, -0.15) is 11.8 Å². The molecule has 1 aliphatic rings. The molecule has 0 saturated carbocycles. The third kappa shape index (κ3) is 4.88. The highest BCUT2D eigenvalue weighted by Gasteiger charge is 2.24. The van der Waals surface area contributed by atoms with Crippen LogP contribution in [0.5, 0.6) is 0 Å². The van der Waals surface area contributed by atoms with Crippen LogP contribution in [0.2, 0.25) is 0 Å². The molecule has 3 nitrogen and oxygen atoms in total. The van der Waals surface area contributed by atoms with Crippen LogP contribution in [0.1, 0.15) is 45.4 Å². The summed E-state index contributed by atoms with van der Waals surface area (Å²) in [6, 6.07) is -0.282. The number of hydrogen-bond acceptors (Lipinski definition) is 3. The molecule has 17 heavy (non-hydrogen) atoms.